The van der Waals surface area contributed by atoms with Gasteiger partial charge in [-0.1, -0.05) is 54.3 Å². The maximum Gasteiger partial charge on any atom is 0.273 e. The number of amides is 2. The summed E-state index contributed by atoms with van der Waals surface area (Å²) in [6.45, 7) is 0. The van der Waals surface area contributed by atoms with Gasteiger partial charge in [0.05, 0.1) is 12.0 Å². The van der Waals surface area contributed by atoms with Crippen LogP contribution < -0.4 is 4.74 Å². The number of rotatable bonds is 3. The lowest BCUT2D eigenvalue weighted by molar-refractivity contribution is -0.120. The van der Waals surface area contributed by atoms with Crippen LogP contribution in [0.1, 0.15) is 15.9 Å². The first-order chi connectivity index (χ1) is 11.6. The van der Waals surface area contributed by atoms with E-state index in [2.05, 4.69) is 0 Å². The van der Waals surface area contributed by atoms with Crippen LogP contribution >= 0.6 is 24.0 Å². The van der Waals surface area contributed by atoms with Crippen molar-refractivity contribution in [3.63, 3.8) is 0 Å². The molecule has 4 nitrogen and oxygen atoms in total. The Balaban J connectivity index is 1.85. The molecule has 1 heterocycles. The van der Waals surface area contributed by atoms with Gasteiger partial charge in [-0.25, -0.2) is 4.90 Å². The average Bonchev–Trinajstić information content (AvgIpc) is 2.89. The second-order valence-corrected chi connectivity index (χ2v) is 6.64. The Kier molecular flexibility index (Phi) is 4.78. The maximum absolute atomic E-state index is 12.6. The van der Waals surface area contributed by atoms with Gasteiger partial charge >= 0.3 is 0 Å². The summed E-state index contributed by atoms with van der Waals surface area (Å²) in [6.07, 6.45) is 1.72. The second-order valence-electron chi connectivity index (χ2n) is 4.96. The van der Waals surface area contributed by atoms with E-state index in [9.17, 15) is 9.59 Å². The Labute approximate surface area is 149 Å². The highest BCUT2D eigenvalue weighted by molar-refractivity contribution is 8.26. The number of thiocarbonyl (C=S) groups is 1. The van der Waals surface area contributed by atoms with E-state index in [-0.39, 0.29) is 4.32 Å². The molecule has 0 radical (unpaired) electrons. The van der Waals surface area contributed by atoms with Crippen LogP contribution in [0.25, 0.3) is 6.08 Å². The molecule has 1 aliphatic rings. The third-order valence-corrected chi connectivity index (χ3v) is 4.73. The highest BCUT2D eigenvalue weighted by Gasteiger charge is 2.37. The molecule has 0 atom stereocenters. The van der Waals surface area contributed by atoms with Crippen molar-refractivity contribution < 1.29 is 14.3 Å². The lowest BCUT2D eigenvalue weighted by Gasteiger charge is -2.12. The molecule has 0 unspecified atom stereocenters. The summed E-state index contributed by atoms with van der Waals surface area (Å²) < 4.78 is 5.35. The summed E-state index contributed by atoms with van der Waals surface area (Å²) in [4.78, 5) is 26.5. The normalized spacial score (nSPS) is 15.9. The van der Waals surface area contributed by atoms with Crippen molar-refractivity contribution in [3.05, 3.63) is 70.6 Å². The lowest BCUT2D eigenvalue weighted by atomic mass is 10.2. The van der Waals surface area contributed by atoms with Crippen LogP contribution in [0.2, 0.25) is 0 Å². The number of nitrogens with zero attached hydrogens (tertiary/aromatic N) is 1. The van der Waals surface area contributed by atoms with Crippen molar-refractivity contribution in [2.45, 2.75) is 0 Å². The van der Waals surface area contributed by atoms with Gasteiger partial charge in [0.25, 0.3) is 11.8 Å². The number of hydrogen-bond acceptors (Lipinski definition) is 5. The van der Waals surface area contributed by atoms with Crippen LogP contribution in [0.4, 0.5) is 0 Å². The molecule has 1 aliphatic heterocycles. The summed E-state index contributed by atoms with van der Waals surface area (Å²) >= 11 is 6.34. The van der Waals surface area contributed by atoms with Crippen LogP contribution in [0, 0.1) is 0 Å². The molecule has 3 rings (SSSR count). The summed E-state index contributed by atoms with van der Waals surface area (Å²) in [5.74, 6) is -0.0649. The number of ether oxygens (including phenoxy) is 1. The van der Waals surface area contributed by atoms with Crippen LogP contribution in [0.5, 0.6) is 5.75 Å². The van der Waals surface area contributed by atoms with Gasteiger partial charge in [-0.2, -0.15) is 0 Å². The largest absolute Gasteiger partial charge is 0.497 e. The number of hydrogen-bond donors (Lipinski definition) is 0. The van der Waals surface area contributed by atoms with E-state index < -0.39 is 11.8 Å². The van der Waals surface area contributed by atoms with Gasteiger partial charge in [0.2, 0.25) is 0 Å². The minimum atomic E-state index is -0.406. The first-order valence-corrected chi connectivity index (χ1v) is 8.34. The first-order valence-electron chi connectivity index (χ1n) is 7.11. The summed E-state index contributed by atoms with van der Waals surface area (Å²) in [5.41, 5.74) is 1.27. The molecule has 0 N–H and O–H groups in total. The van der Waals surface area contributed by atoms with Crippen molar-refractivity contribution in [2.24, 2.45) is 0 Å². The number of benzene rings is 2. The Morgan fingerprint density at radius 3 is 2.42 bits per heavy atom. The van der Waals surface area contributed by atoms with Crippen molar-refractivity contribution in [1.82, 2.24) is 4.90 Å². The monoisotopic (exact) mass is 355 g/mol. The van der Waals surface area contributed by atoms with Gasteiger partial charge in [-0.05, 0) is 35.9 Å². The molecule has 2 aromatic carbocycles. The molecule has 0 aliphatic carbocycles. The van der Waals surface area contributed by atoms with E-state index >= 15 is 0 Å². The van der Waals surface area contributed by atoms with Crippen molar-refractivity contribution >= 4 is 46.2 Å². The lowest BCUT2D eigenvalue weighted by Crippen LogP contribution is -2.34. The van der Waals surface area contributed by atoms with Gasteiger partial charge in [0, 0.05) is 5.56 Å². The van der Waals surface area contributed by atoms with Crippen molar-refractivity contribution in [2.75, 3.05) is 7.11 Å². The molecule has 2 aromatic rings. The second kappa shape index (κ2) is 6.98. The summed E-state index contributed by atoms with van der Waals surface area (Å²) in [7, 11) is 1.59. The van der Waals surface area contributed by atoms with Gasteiger partial charge in [0.15, 0.2) is 4.32 Å². The maximum atomic E-state index is 12.6. The number of carbonyl (C=O) groups is 2. The van der Waals surface area contributed by atoms with Gasteiger partial charge in [-0.15, -0.1) is 0 Å². The zero-order valence-electron chi connectivity index (χ0n) is 12.8. The Hall–Kier alpha value is -2.44. The molecule has 1 saturated heterocycles. The van der Waals surface area contributed by atoms with E-state index in [0.717, 1.165) is 28.0 Å². The third-order valence-electron chi connectivity index (χ3n) is 3.43. The van der Waals surface area contributed by atoms with E-state index in [1.165, 1.54) is 0 Å². The molecule has 0 saturated carbocycles. The molecular weight excluding hydrogens is 342 g/mol. The zero-order chi connectivity index (χ0) is 17.1. The Morgan fingerprint density at radius 2 is 1.79 bits per heavy atom. The molecule has 0 bridgehead atoms. The van der Waals surface area contributed by atoms with E-state index in [4.69, 9.17) is 17.0 Å². The van der Waals surface area contributed by atoms with E-state index in [1.54, 1.807) is 37.5 Å². The van der Waals surface area contributed by atoms with Crippen LogP contribution in [0.3, 0.4) is 0 Å². The topological polar surface area (TPSA) is 46.6 Å². The van der Waals surface area contributed by atoms with Crippen LogP contribution in [-0.2, 0) is 4.79 Å². The minimum Gasteiger partial charge on any atom is -0.497 e. The molecule has 6 heteroatoms. The molecule has 24 heavy (non-hydrogen) atoms. The molecule has 0 aromatic heterocycles. The predicted octanol–water partition coefficient (Wildman–Crippen LogP) is 3.74. The van der Waals surface area contributed by atoms with Gasteiger partial charge < -0.3 is 4.74 Å². The minimum absolute atomic E-state index is 0.244. The van der Waals surface area contributed by atoms with Crippen LogP contribution in [-0.4, -0.2) is 28.1 Å². The SMILES string of the molecule is COc1ccc(/C=C2/SC(=S)N(C(=O)c3ccccc3)C2=O)cc1. The zero-order valence-corrected chi connectivity index (χ0v) is 14.4. The van der Waals surface area contributed by atoms with E-state index in [1.807, 2.05) is 30.3 Å². The van der Waals surface area contributed by atoms with Crippen molar-refractivity contribution in [3.8, 4) is 5.75 Å². The number of carbonyl (C=O) groups excluding carboxylic acids is 2. The highest BCUT2D eigenvalue weighted by Crippen LogP contribution is 2.33. The quantitative estimate of drug-likeness (QED) is 0.477. The van der Waals surface area contributed by atoms with Crippen LogP contribution in [0.15, 0.2) is 59.5 Å². The number of methoxy groups -OCH3 is 1. The first kappa shape index (κ1) is 16.4. The molecule has 1 fully saturated rings. The highest BCUT2D eigenvalue weighted by atomic mass is 32.2. The fraction of sp³-hybridized carbons (Fsp3) is 0.0556. The fourth-order valence-corrected chi connectivity index (χ4v) is 3.46. The third kappa shape index (κ3) is 3.25. The fourth-order valence-electron chi connectivity index (χ4n) is 2.20. The molecule has 0 spiro atoms. The average molecular weight is 355 g/mol. The van der Waals surface area contributed by atoms with Gasteiger partial charge in [0.1, 0.15) is 5.75 Å². The Bertz CT molecular complexity index is 829. The standard InChI is InChI=1S/C18H13NO3S2/c1-22-14-9-7-12(8-10-14)11-15-17(21)19(18(23)24-15)16(20)13-5-3-2-4-6-13/h2-11H,1H3/b15-11+. The predicted molar refractivity (Wildman–Crippen MR) is 98.8 cm³/mol. The molecule has 120 valence electrons. The van der Waals surface area contributed by atoms with Gasteiger partial charge in [-0.3, -0.25) is 9.59 Å². The smallest absolute Gasteiger partial charge is 0.273 e. The van der Waals surface area contributed by atoms with E-state index in [0.29, 0.717) is 10.5 Å². The number of imide groups is 1. The molecular formula is C18H13NO3S2. The number of thioether (sulfide) groups is 1. The van der Waals surface area contributed by atoms with Crippen molar-refractivity contribution in [1.29, 1.82) is 0 Å². The molecule has 2 amide bonds. The Morgan fingerprint density at radius 1 is 1.12 bits per heavy atom. The summed E-state index contributed by atoms with van der Waals surface area (Å²) in [6, 6.07) is 15.9. The summed E-state index contributed by atoms with van der Waals surface area (Å²) in [5, 5.41) is 0.